The van der Waals surface area contributed by atoms with Crippen molar-refractivity contribution >= 4 is 33.8 Å². The summed E-state index contributed by atoms with van der Waals surface area (Å²) in [6, 6.07) is 10.7. The average molecular weight is 638 g/mol. The highest BCUT2D eigenvalue weighted by Gasteiger charge is 2.26. The number of morpholine rings is 1. The van der Waals surface area contributed by atoms with Crippen LogP contribution >= 0.6 is 0 Å². The highest BCUT2D eigenvalue weighted by atomic mass is 16.6. The molecule has 0 atom stereocenters. The summed E-state index contributed by atoms with van der Waals surface area (Å²) >= 11 is 0. The van der Waals surface area contributed by atoms with Gasteiger partial charge in [0.1, 0.15) is 11.4 Å². The van der Waals surface area contributed by atoms with Crippen LogP contribution in [0.15, 0.2) is 55.1 Å². The fourth-order valence-corrected chi connectivity index (χ4v) is 6.53. The minimum Gasteiger partial charge on any atom is -0.444 e. The number of carbonyl (C=O) groups excluding carboxylic acids is 1. The fourth-order valence-electron chi connectivity index (χ4n) is 6.53. The van der Waals surface area contributed by atoms with E-state index in [4.69, 9.17) is 24.5 Å². The first-order valence-electron chi connectivity index (χ1n) is 16.6. The van der Waals surface area contributed by atoms with Crippen molar-refractivity contribution in [1.82, 2.24) is 39.9 Å². The van der Waals surface area contributed by atoms with Gasteiger partial charge in [-0.3, -0.25) is 9.88 Å². The molecule has 4 aromatic heterocycles. The van der Waals surface area contributed by atoms with Crippen LogP contribution in [0.5, 0.6) is 0 Å². The predicted octanol–water partition coefficient (Wildman–Crippen LogP) is 5.11. The Bertz CT molecular complexity index is 1830. The number of carbonyl (C=O) groups is 1. The molecular formula is C35H43N9O3. The molecule has 246 valence electrons. The first-order chi connectivity index (χ1) is 22.8. The summed E-state index contributed by atoms with van der Waals surface area (Å²) in [7, 11) is 0. The Morgan fingerprint density at radius 1 is 1.06 bits per heavy atom. The zero-order valence-electron chi connectivity index (χ0n) is 27.4. The number of aromatic nitrogens is 6. The zero-order chi connectivity index (χ0) is 32.4. The monoisotopic (exact) mass is 637 g/mol. The molecule has 47 heavy (non-hydrogen) atoms. The number of pyridine rings is 1. The van der Waals surface area contributed by atoms with E-state index in [0.717, 1.165) is 84.4 Å². The number of nitrogens with zero attached hydrogens (tertiary/aromatic N) is 7. The maximum absolute atomic E-state index is 12.2. The van der Waals surface area contributed by atoms with Crippen LogP contribution in [0.3, 0.4) is 0 Å². The van der Waals surface area contributed by atoms with E-state index in [0.29, 0.717) is 32.0 Å². The number of alkyl carbamates (subject to hydrolysis) is 1. The first-order valence-corrected chi connectivity index (χ1v) is 16.6. The predicted molar refractivity (Wildman–Crippen MR) is 181 cm³/mol. The van der Waals surface area contributed by atoms with E-state index in [1.165, 1.54) is 5.56 Å². The van der Waals surface area contributed by atoms with Gasteiger partial charge in [-0.1, -0.05) is 6.07 Å². The van der Waals surface area contributed by atoms with Gasteiger partial charge in [-0.2, -0.15) is 5.10 Å². The first kappa shape index (κ1) is 31.1. The van der Waals surface area contributed by atoms with Crippen molar-refractivity contribution in [2.24, 2.45) is 0 Å². The maximum Gasteiger partial charge on any atom is 0.407 e. The van der Waals surface area contributed by atoms with E-state index < -0.39 is 11.7 Å². The third kappa shape index (κ3) is 7.08. The van der Waals surface area contributed by atoms with Crippen LogP contribution in [0.2, 0.25) is 0 Å². The number of aromatic amines is 1. The number of rotatable bonds is 8. The SMILES string of the molecule is CC(C)(C)OC(=O)NCCc1c[nH]c2ccc(-c3nc(N4CCOCC4)c4cnn(C5CCN(Cc6cccnc6)CC5)c4n3)cc12. The van der Waals surface area contributed by atoms with Crippen LogP contribution in [-0.4, -0.2) is 92.2 Å². The Morgan fingerprint density at radius 3 is 2.66 bits per heavy atom. The largest absolute Gasteiger partial charge is 0.444 e. The molecule has 2 aliphatic heterocycles. The van der Waals surface area contributed by atoms with Gasteiger partial charge in [-0.25, -0.2) is 19.4 Å². The zero-order valence-corrected chi connectivity index (χ0v) is 27.4. The number of hydrogen-bond acceptors (Lipinski definition) is 9. The molecule has 1 aromatic carbocycles. The number of likely N-dealkylation sites (tertiary alicyclic amines) is 1. The number of amides is 1. The van der Waals surface area contributed by atoms with E-state index in [1.807, 2.05) is 51.6 Å². The van der Waals surface area contributed by atoms with Gasteiger partial charge in [0, 0.05) is 74.3 Å². The van der Waals surface area contributed by atoms with E-state index in [1.54, 1.807) is 0 Å². The van der Waals surface area contributed by atoms with Crippen LogP contribution in [0.25, 0.3) is 33.3 Å². The number of H-pyrrole nitrogens is 1. The Morgan fingerprint density at radius 2 is 1.89 bits per heavy atom. The summed E-state index contributed by atoms with van der Waals surface area (Å²) < 4.78 is 13.2. The molecule has 5 aromatic rings. The minimum absolute atomic E-state index is 0.258. The molecule has 2 fully saturated rings. The smallest absolute Gasteiger partial charge is 0.407 e. The Kier molecular flexibility index (Phi) is 8.78. The molecule has 0 spiro atoms. The molecule has 0 radical (unpaired) electrons. The van der Waals surface area contributed by atoms with Crippen molar-refractivity contribution in [2.75, 3.05) is 50.8 Å². The lowest BCUT2D eigenvalue weighted by atomic mass is 10.0. The quantitative estimate of drug-likeness (QED) is 0.239. The number of benzene rings is 1. The summed E-state index contributed by atoms with van der Waals surface area (Å²) in [5.41, 5.74) is 4.65. The molecular weight excluding hydrogens is 594 g/mol. The van der Waals surface area contributed by atoms with Crippen molar-refractivity contribution in [3.8, 4) is 11.4 Å². The minimum atomic E-state index is -0.534. The van der Waals surface area contributed by atoms with Gasteiger partial charge in [0.25, 0.3) is 0 Å². The Balaban J connectivity index is 1.16. The molecule has 12 heteroatoms. The van der Waals surface area contributed by atoms with E-state index in [2.05, 4.69) is 54.0 Å². The molecule has 1 amide bonds. The summed E-state index contributed by atoms with van der Waals surface area (Å²) in [5, 5.41) is 9.85. The number of ether oxygens (including phenoxy) is 2. The number of fused-ring (bicyclic) bond motifs is 2. The summed E-state index contributed by atoms with van der Waals surface area (Å²) in [6.45, 7) is 11.8. The number of hydrogen-bond donors (Lipinski definition) is 2. The maximum atomic E-state index is 12.2. The lowest BCUT2D eigenvalue weighted by molar-refractivity contribution is 0.0528. The third-order valence-electron chi connectivity index (χ3n) is 8.86. The molecule has 2 N–H and O–H groups in total. The van der Waals surface area contributed by atoms with Gasteiger partial charge in [-0.15, -0.1) is 0 Å². The van der Waals surface area contributed by atoms with Crippen LogP contribution in [0, 0.1) is 0 Å². The Labute approximate surface area is 274 Å². The Hall–Kier alpha value is -4.55. The van der Waals surface area contributed by atoms with E-state index in [9.17, 15) is 4.79 Å². The second kappa shape index (κ2) is 13.3. The molecule has 2 aliphatic rings. The molecule has 0 bridgehead atoms. The molecule has 12 nitrogen and oxygen atoms in total. The second-order valence-electron chi connectivity index (χ2n) is 13.4. The fraction of sp³-hybridized carbons (Fsp3) is 0.457. The van der Waals surface area contributed by atoms with Crippen molar-refractivity contribution in [3.05, 3.63) is 66.2 Å². The standard InChI is InChI=1S/C35H43N9O3/c1-35(2,3)47-34(45)37-12-8-26-21-38-30-7-6-25(19-28(26)30)31-40-32(43-15-17-46-18-16-43)29-22-39-44(33(29)41-31)27-9-13-42(14-10-27)23-24-5-4-11-36-20-24/h4-7,11,19-22,27,38H,8-10,12-18,23H2,1-3H3,(H,37,45). The summed E-state index contributed by atoms with van der Waals surface area (Å²) in [5.74, 6) is 1.58. The average Bonchev–Trinajstić information content (AvgIpc) is 3.69. The lowest BCUT2D eigenvalue weighted by Crippen LogP contribution is -2.37. The van der Waals surface area contributed by atoms with Crippen LogP contribution < -0.4 is 10.2 Å². The number of nitrogens with one attached hydrogen (secondary N) is 2. The number of piperidine rings is 1. The molecule has 0 unspecified atom stereocenters. The van der Waals surface area contributed by atoms with Gasteiger partial charge in [0.15, 0.2) is 11.5 Å². The van der Waals surface area contributed by atoms with Crippen molar-refractivity contribution in [2.45, 2.75) is 58.2 Å². The normalized spacial score (nSPS) is 16.6. The van der Waals surface area contributed by atoms with Crippen molar-refractivity contribution in [1.29, 1.82) is 0 Å². The number of anilines is 1. The van der Waals surface area contributed by atoms with Gasteiger partial charge < -0.3 is 24.7 Å². The van der Waals surface area contributed by atoms with E-state index >= 15 is 0 Å². The third-order valence-corrected chi connectivity index (χ3v) is 8.86. The van der Waals surface area contributed by atoms with Gasteiger partial charge >= 0.3 is 6.09 Å². The van der Waals surface area contributed by atoms with Crippen molar-refractivity contribution in [3.63, 3.8) is 0 Å². The molecule has 6 heterocycles. The highest BCUT2D eigenvalue weighted by molar-refractivity contribution is 5.91. The molecule has 0 aliphatic carbocycles. The summed E-state index contributed by atoms with van der Waals surface area (Å²) in [6.07, 6.45) is 9.97. The van der Waals surface area contributed by atoms with Gasteiger partial charge in [-0.05, 0) is 75.4 Å². The van der Waals surface area contributed by atoms with E-state index in [-0.39, 0.29) is 6.04 Å². The molecule has 0 saturated carbocycles. The molecule has 7 rings (SSSR count). The van der Waals surface area contributed by atoms with Crippen LogP contribution in [-0.2, 0) is 22.4 Å². The van der Waals surface area contributed by atoms with Crippen LogP contribution in [0.4, 0.5) is 10.6 Å². The second-order valence-corrected chi connectivity index (χ2v) is 13.4. The lowest BCUT2D eigenvalue weighted by Gasteiger charge is -2.32. The van der Waals surface area contributed by atoms with Crippen LogP contribution in [0.1, 0.15) is 50.8 Å². The summed E-state index contributed by atoms with van der Waals surface area (Å²) in [4.78, 5) is 35.0. The van der Waals surface area contributed by atoms with Crippen molar-refractivity contribution < 1.29 is 14.3 Å². The topological polar surface area (TPSA) is 126 Å². The highest BCUT2D eigenvalue weighted by Crippen LogP contribution is 2.33. The van der Waals surface area contributed by atoms with Gasteiger partial charge in [0.05, 0.1) is 30.8 Å². The molecule has 2 saturated heterocycles. The van der Waals surface area contributed by atoms with Gasteiger partial charge in [0.2, 0.25) is 0 Å².